The van der Waals surface area contributed by atoms with Crippen molar-refractivity contribution in [3.05, 3.63) is 44.5 Å². The molecule has 0 saturated heterocycles. The third kappa shape index (κ3) is 2.46. The molecule has 9 nitrogen and oxygen atoms in total. The zero-order chi connectivity index (χ0) is 14.9. The molecule has 20 heavy (non-hydrogen) atoms. The van der Waals surface area contributed by atoms with Crippen LogP contribution >= 0.6 is 0 Å². The summed E-state index contributed by atoms with van der Waals surface area (Å²) < 4.78 is 6.96. The largest absolute Gasteiger partial charge is 0.475 e. The van der Waals surface area contributed by atoms with Crippen molar-refractivity contribution in [1.29, 1.82) is 0 Å². The molecule has 2 heterocycles. The molecule has 0 bridgehead atoms. The molecule has 0 radical (unpaired) electrons. The van der Waals surface area contributed by atoms with Crippen molar-refractivity contribution < 1.29 is 14.3 Å². The minimum absolute atomic E-state index is 0.0251. The highest BCUT2D eigenvalue weighted by Gasteiger charge is 2.11. The van der Waals surface area contributed by atoms with Crippen LogP contribution in [0.3, 0.4) is 0 Å². The SMILES string of the molecule is Cn1nc(NCc2ccc(C(=O)O)o2)c(=O)n(C)c1=O. The van der Waals surface area contributed by atoms with Crippen molar-refractivity contribution in [3.8, 4) is 0 Å². The van der Waals surface area contributed by atoms with Crippen LogP contribution in [-0.2, 0) is 20.6 Å². The van der Waals surface area contributed by atoms with E-state index in [2.05, 4.69) is 10.4 Å². The van der Waals surface area contributed by atoms with E-state index in [1.54, 1.807) is 0 Å². The number of aryl methyl sites for hydroxylation is 1. The molecule has 106 valence electrons. The van der Waals surface area contributed by atoms with E-state index < -0.39 is 17.2 Å². The van der Waals surface area contributed by atoms with Gasteiger partial charge in [0.25, 0.3) is 5.56 Å². The maximum absolute atomic E-state index is 11.8. The quantitative estimate of drug-likeness (QED) is 0.766. The van der Waals surface area contributed by atoms with E-state index >= 15 is 0 Å². The lowest BCUT2D eigenvalue weighted by molar-refractivity contribution is 0.0660. The summed E-state index contributed by atoms with van der Waals surface area (Å²) in [4.78, 5) is 33.9. The van der Waals surface area contributed by atoms with Crippen molar-refractivity contribution in [2.75, 3.05) is 5.32 Å². The summed E-state index contributed by atoms with van der Waals surface area (Å²) in [5.41, 5.74) is -1.11. The van der Waals surface area contributed by atoms with E-state index in [0.717, 1.165) is 9.25 Å². The number of carboxylic acids is 1. The summed E-state index contributed by atoms with van der Waals surface area (Å²) in [6.45, 7) is 0.0771. The van der Waals surface area contributed by atoms with Crippen LogP contribution in [0.4, 0.5) is 5.82 Å². The molecule has 0 aliphatic heterocycles. The van der Waals surface area contributed by atoms with Gasteiger partial charge in [0.05, 0.1) is 6.54 Å². The molecule has 0 amide bonds. The zero-order valence-electron chi connectivity index (χ0n) is 10.8. The number of aromatic nitrogens is 3. The van der Waals surface area contributed by atoms with Crippen LogP contribution in [0.2, 0.25) is 0 Å². The van der Waals surface area contributed by atoms with Gasteiger partial charge in [0, 0.05) is 14.1 Å². The summed E-state index contributed by atoms with van der Waals surface area (Å²) in [6, 6.07) is 2.79. The highest BCUT2D eigenvalue weighted by Crippen LogP contribution is 2.08. The van der Waals surface area contributed by atoms with E-state index in [-0.39, 0.29) is 18.1 Å². The maximum atomic E-state index is 11.8. The van der Waals surface area contributed by atoms with Gasteiger partial charge >= 0.3 is 11.7 Å². The summed E-state index contributed by atoms with van der Waals surface area (Å²) in [5, 5.41) is 15.2. The minimum Gasteiger partial charge on any atom is -0.475 e. The topological polar surface area (TPSA) is 119 Å². The molecule has 2 aromatic rings. The Morgan fingerprint density at radius 3 is 2.70 bits per heavy atom. The Kier molecular flexibility index (Phi) is 3.42. The van der Waals surface area contributed by atoms with Crippen LogP contribution in [0, 0.1) is 0 Å². The van der Waals surface area contributed by atoms with Crippen molar-refractivity contribution in [3.63, 3.8) is 0 Å². The van der Waals surface area contributed by atoms with E-state index in [9.17, 15) is 14.4 Å². The van der Waals surface area contributed by atoms with Crippen LogP contribution < -0.4 is 16.6 Å². The van der Waals surface area contributed by atoms with Gasteiger partial charge < -0.3 is 14.8 Å². The number of nitrogens with one attached hydrogen (secondary N) is 1. The van der Waals surface area contributed by atoms with Crippen LogP contribution in [0.25, 0.3) is 0 Å². The molecule has 0 aliphatic rings. The van der Waals surface area contributed by atoms with Crippen molar-refractivity contribution in [2.45, 2.75) is 6.54 Å². The Labute approximate surface area is 112 Å². The van der Waals surface area contributed by atoms with Gasteiger partial charge in [-0.15, -0.1) is 5.10 Å². The standard InChI is InChI=1S/C11H12N4O5/c1-14-9(16)8(13-15(2)11(14)19)12-5-6-3-4-7(20-6)10(17)18/h3-4H,5H2,1-2H3,(H,12,13)(H,17,18). The second-order valence-corrected chi connectivity index (χ2v) is 4.04. The van der Waals surface area contributed by atoms with Gasteiger partial charge in [0.15, 0.2) is 0 Å². The zero-order valence-corrected chi connectivity index (χ0v) is 10.8. The molecule has 0 spiro atoms. The van der Waals surface area contributed by atoms with Crippen LogP contribution in [0.5, 0.6) is 0 Å². The third-order valence-electron chi connectivity index (χ3n) is 2.62. The first-order valence-corrected chi connectivity index (χ1v) is 5.60. The number of hydrogen-bond acceptors (Lipinski definition) is 6. The van der Waals surface area contributed by atoms with E-state index in [1.165, 1.54) is 26.2 Å². The molecule has 0 saturated carbocycles. The molecule has 0 fully saturated rings. The summed E-state index contributed by atoms with van der Waals surface area (Å²) in [5.74, 6) is -1.06. The molecule has 0 unspecified atom stereocenters. The smallest absolute Gasteiger partial charge is 0.371 e. The Morgan fingerprint density at radius 2 is 2.10 bits per heavy atom. The van der Waals surface area contributed by atoms with E-state index in [1.807, 2.05) is 0 Å². The van der Waals surface area contributed by atoms with Crippen molar-refractivity contribution in [1.82, 2.24) is 14.3 Å². The molecule has 2 rings (SSSR count). The number of furan rings is 1. The van der Waals surface area contributed by atoms with E-state index in [0.29, 0.717) is 5.76 Å². The van der Waals surface area contributed by atoms with Gasteiger partial charge in [-0.2, -0.15) is 0 Å². The highest BCUT2D eigenvalue weighted by atomic mass is 16.4. The van der Waals surface area contributed by atoms with Gasteiger partial charge in [0.1, 0.15) is 5.76 Å². The first-order valence-electron chi connectivity index (χ1n) is 5.60. The monoisotopic (exact) mass is 280 g/mol. The number of hydrogen-bond donors (Lipinski definition) is 2. The Bertz CT molecular complexity index is 770. The lowest BCUT2D eigenvalue weighted by Crippen LogP contribution is -2.39. The van der Waals surface area contributed by atoms with Gasteiger partial charge in [-0.05, 0) is 12.1 Å². The molecule has 9 heteroatoms. The summed E-state index contributed by atoms with van der Waals surface area (Å²) in [7, 11) is 2.76. The second kappa shape index (κ2) is 5.03. The van der Waals surface area contributed by atoms with E-state index in [4.69, 9.17) is 9.52 Å². The lowest BCUT2D eigenvalue weighted by atomic mass is 10.4. The lowest BCUT2D eigenvalue weighted by Gasteiger charge is -2.06. The Hall–Kier alpha value is -2.84. The van der Waals surface area contributed by atoms with Gasteiger partial charge in [-0.3, -0.25) is 9.36 Å². The van der Waals surface area contributed by atoms with Gasteiger partial charge in [-0.1, -0.05) is 0 Å². The average molecular weight is 280 g/mol. The molecule has 2 N–H and O–H groups in total. The first-order chi connectivity index (χ1) is 9.40. The number of aromatic carboxylic acids is 1. The Morgan fingerprint density at radius 1 is 1.40 bits per heavy atom. The number of anilines is 1. The van der Waals surface area contributed by atoms with Gasteiger partial charge in [0.2, 0.25) is 11.6 Å². The fourth-order valence-corrected chi connectivity index (χ4v) is 1.57. The fraction of sp³-hybridized carbons (Fsp3) is 0.273. The van der Waals surface area contributed by atoms with Crippen molar-refractivity contribution in [2.24, 2.45) is 14.1 Å². The molecule has 2 aromatic heterocycles. The molecule has 0 aromatic carbocycles. The minimum atomic E-state index is -1.17. The molecule has 0 aliphatic carbocycles. The van der Waals surface area contributed by atoms with Crippen LogP contribution in [0.15, 0.2) is 26.1 Å². The number of carbonyl (C=O) groups is 1. The van der Waals surface area contributed by atoms with Gasteiger partial charge in [-0.25, -0.2) is 14.3 Å². The normalized spacial score (nSPS) is 10.5. The maximum Gasteiger partial charge on any atom is 0.371 e. The second-order valence-electron chi connectivity index (χ2n) is 4.04. The number of carboxylic acid groups (broad SMARTS) is 1. The fourth-order valence-electron chi connectivity index (χ4n) is 1.57. The molecular weight excluding hydrogens is 268 g/mol. The molecular formula is C11H12N4O5. The summed E-state index contributed by atoms with van der Waals surface area (Å²) >= 11 is 0. The highest BCUT2D eigenvalue weighted by molar-refractivity contribution is 5.84. The predicted octanol–water partition coefficient (Wildman–Crippen LogP) is -0.618. The van der Waals surface area contributed by atoms with Crippen LogP contribution in [-0.4, -0.2) is 25.4 Å². The van der Waals surface area contributed by atoms with Crippen LogP contribution in [0.1, 0.15) is 16.3 Å². The first kappa shape index (κ1) is 13.6. The number of nitrogens with zero attached hydrogens (tertiary/aromatic N) is 3. The summed E-state index contributed by atoms with van der Waals surface area (Å²) in [6.07, 6.45) is 0. The van der Waals surface area contributed by atoms with Crippen molar-refractivity contribution >= 4 is 11.8 Å². The predicted molar refractivity (Wildman–Crippen MR) is 67.7 cm³/mol. The number of rotatable bonds is 4. The third-order valence-corrected chi connectivity index (χ3v) is 2.62. The average Bonchev–Trinajstić information content (AvgIpc) is 2.88. The Balaban J connectivity index is 2.21. The molecule has 0 atom stereocenters.